The molecule has 0 saturated carbocycles. The molecule has 2 bridgehead atoms. The summed E-state index contributed by atoms with van der Waals surface area (Å²) in [5.74, 6) is 2.14. The lowest BCUT2D eigenvalue weighted by Crippen LogP contribution is -2.48. The van der Waals surface area contributed by atoms with Crippen molar-refractivity contribution < 1.29 is 0 Å². The van der Waals surface area contributed by atoms with E-state index >= 15 is 0 Å². The summed E-state index contributed by atoms with van der Waals surface area (Å²) in [5.41, 5.74) is 4.59. The van der Waals surface area contributed by atoms with Gasteiger partial charge in [-0.25, -0.2) is 9.97 Å². The highest BCUT2D eigenvalue weighted by atomic mass is 16.1. The minimum absolute atomic E-state index is 0.226. The summed E-state index contributed by atoms with van der Waals surface area (Å²) in [5, 5.41) is 3.52. The smallest absolute Gasteiger partial charge is 0.255 e. The highest BCUT2D eigenvalue weighted by Gasteiger charge is 2.31. The molecule has 5 heterocycles. The Morgan fingerprint density at radius 3 is 2.76 bits per heavy atom. The van der Waals surface area contributed by atoms with Crippen molar-refractivity contribution in [2.24, 2.45) is 5.92 Å². The average Bonchev–Trinajstić information content (AvgIpc) is 2.73. The van der Waals surface area contributed by atoms with Crippen LogP contribution < -0.4 is 15.8 Å². The zero-order chi connectivity index (χ0) is 20.0. The number of nitrogens with zero attached hydrogens (tertiary/aromatic N) is 5. The molecule has 7 nitrogen and oxygen atoms in total. The first kappa shape index (κ1) is 18.8. The van der Waals surface area contributed by atoms with E-state index in [-0.39, 0.29) is 5.56 Å². The summed E-state index contributed by atoms with van der Waals surface area (Å²) >= 11 is 0. The Morgan fingerprint density at radius 1 is 1.10 bits per heavy atom. The van der Waals surface area contributed by atoms with E-state index in [1.165, 1.54) is 12.1 Å². The van der Waals surface area contributed by atoms with Gasteiger partial charge < -0.3 is 14.8 Å². The molecule has 2 atom stereocenters. The van der Waals surface area contributed by atoms with Crippen LogP contribution in [0.15, 0.2) is 23.3 Å². The number of hydrogen-bond acceptors (Lipinski definition) is 6. The second-order valence-corrected chi connectivity index (χ2v) is 8.83. The highest BCUT2D eigenvalue weighted by molar-refractivity contribution is 5.47. The third-order valence-electron chi connectivity index (χ3n) is 6.96. The van der Waals surface area contributed by atoms with Crippen molar-refractivity contribution in [3.05, 3.63) is 51.3 Å². The molecule has 5 rings (SSSR count). The Balaban J connectivity index is 1.28. The fourth-order valence-corrected chi connectivity index (χ4v) is 5.16. The van der Waals surface area contributed by atoms with E-state index in [4.69, 9.17) is 0 Å². The topological polar surface area (TPSA) is 66.3 Å². The number of piperazine rings is 1. The van der Waals surface area contributed by atoms with Crippen molar-refractivity contribution in [1.29, 1.82) is 0 Å². The van der Waals surface area contributed by atoms with E-state index in [2.05, 4.69) is 48.7 Å². The lowest BCUT2D eigenvalue weighted by molar-refractivity contribution is 0.240. The van der Waals surface area contributed by atoms with Crippen molar-refractivity contribution in [3.8, 4) is 0 Å². The molecule has 29 heavy (non-hydrogen) atoms. The van der Waals surface area contributed by atoms with E-state index in [1.807, 2.05) is 6.92 Å². The van der Waals surface area contributed by atoms with Crippen LogP contribution in [0.5, 0.6) is 0 Å². The van der Waals surface area contributed by atoms with Gasteiger partial charge in [0.15, 0.2) is 0 Å². The van der Waals surface area contributed by atoms with Crippen LogP contribution in [0.3, 0.4) is 0 Å². The lowest BCUT2D eigenvalue weighted by atomic mass is 9.84. The first-order valence-corrected chi connectivity index (χ1v) is 10.8. The van der Waals surface area contributed by atoms with Crippen LogP contribution in [0.25, 0.3) is 0 Å². The average molecular weight is 395 g/mol. The molecule has 2 saturated heterocycles. The second kappa shape index (κ2) is 7.54. The number of anilines is 1. The normalized spacial score (nSPS) is 24.4. The molecule has 1 N–H and O–H groups in total. The van der Waals surface area contributed by atoms with Crippen molar-refractivity contribution in [1.82, 2.24) is 24.8 Å². The van der Waals surface area contributed by atoms with Gasteiger partial charge in [0, 0.05) is 74.2 Å². The molecule has 0 amide bonds. The Kier molecular flexibility index (Phi) is 4.87. The molecule has 7 heteroatoms. The molecule has 2 fully saturated rings. The predicted molar refractivity (Wildman–Crippen MR) is 113 cm³/mol. The minimum Gasteiger partial charge on any atom is -0.354 e. The monoisotopic (exact) mass is 394 g/mol. The number of rotatable bonds is 3. The van der Waals surface area contributed by atoms with Crippen LogP contribution in [0.1, 0.15) is 34.9 Å². The maximum atomic E-state index is 13.2. The number of aromatic nitrogens is 3. The van der Waals surface area contributed by atoms with Crippen LogP contribution in [0.2, 0.25) is 0 Å². The van der Waals surface area contributed by atoms with Gasteiger partial charge >= 0.3 is 0 Å². The fourth-order valence-electron chi connectivity index (χ4n) is 5.16. The van der Waals surface area contributed by atoms with Gasteiger partial charge in [-0.1, -0.05) is 6.07 Å². The minimum atomic E-state index is 0.226. The molecule has 0 aliphatic carbocycles. The molecule has 2 aromatic heterocycles. The molecular weight excluding hydrogens is 364 g/mol. The third-order valence-corrected chi connectivity index (χ3v) is 6.96. The first-order chi connectivity index (χ1) is 14.1. The quantitative estimate of drug-likeness (QED) is 0.846. The third kappa shape index (κ3) is 3.46. The molecule has 0 aromatic carbocycles. The van der Waals surface area contributed by atoms with Crippen LogP contribution in [-0.2, 0) is 13.1 Å². The summed E-state index contributed by atoms with van der Waals surface area (Å²) in [6.07, 6.45) is 2.87. The summed E-state index contributed by atoms with van der Waals surface area (Å²) in [6.45, 7) is 11.5. The summed E-state index contributed by atoms with van der Waals surface area (Å²) in [4.78, 5) is 26.7. The number of nitrogens with one attached hydrogen (secondary N) is 1. The largest absolute Gasteiger partial charge is 0.354 e. The van der Waals surface area contributed by atoms with Crippen molar-refractivity contribution in [2.75, 3.05) is 44.2 Å². The van der Waals surface area contributed by atoms with Gasteiger partial charge in [0.2, 0.25) is 0 Å². The maximum Gasteiger partial charge on any atom is 0.255 e. The van der Waals surface area contributed by atoms with E-state index in [9.17, 15) is 4.79 Å². The van der Waals surface area contributed by atoms with Gasteiger partial charge in [-0.05, 0) is 38.8 Å². The number of pyridine rings is 1. The first-order valence-electron chi connectivity index (χ1n) is 10.8. The second-order valence-electron chi connectivity index (χ2n) is 8.83. The van der Waals surface area contributed by atoms with Gasteiger partial charge in [-0.3, -0.25) is 9.69 Å². The van der Waals surface area contributed by atoms with Crippen molar-refractivity contribution >= 4 is 5.82 Å². The van der Waals surface area contributed by atoms with Gasteiger partial charge in [0.25, 0.3) is 5.56 Å². The standard InChI is InChI=1S/C22H30N6O/c1-15-16(2)24-14-25-21(15)27-7-5-26(6-8-27)13-18-3-4-20-19-9-17(10-23-11-19)12-28(20)22(18)29/h3-4,14,17,19,23H,5-13H2,1-2H3/t17-,19+/m0/s1. The molecule has 3 aliphatic heterocycles. The van der Waals surface area contributed by atoms with Crippen molar-refractivity contribution in [2.45, 2.75) is 39.3 Å². The number of aryl methyl sites for hydroxylation is 1. The maximum absolute atomic E-state index is 13.2. The molecule has 154 valence electrons. The summed E-state index contributed by atoms with van der Waals surface area (Å²) < 4.78 is 2.07. The van der Waals surface area contributed by atoms with Gasteiger partial charge in [-0.2, -0.15) is 0 Å². The van der Waals surface area contributed by atoms with Gasteiger partial charge in [0.05, 0.1) is 0 Å². The van der Waals surface area contributed by atoms with Crippen molar-refractivity contribution in [3.63, 3.8) is 0 Å². The molecular formula is C22H30N6O. The summed E-state index contributed by atoms with van der Waals surface area (Å²) in [7, 11) is 0. The number of hydrogen-bond donors (Lipinski definition) is 1. The van der Waals surface area contributed by atoms with Crippen LogP contribution in [0.4, 0.5) is 5.82 Å². The SMILES string of the molecule is Cc1ncnc(N2CCN(Cc3ccc4n(c3=O)C[C@@H]3CNC[C@H]4C3)CC2)c1C. The van der Waals surface area contributed by atoms with Gasteiger partial charge in [-0.15, -0.1) is 0 Å². The van der Waals surface area contributed by atoms with E-state index in [0.29, 0.717) is 11.8 Å². The van der Waals surface area contributed by atoms with Gasteiger partial charge in [0.1, 0.15) is 12.1 Å². The van der Waals surface area contributed by atoms with Crippen LogP contribution in [-0.4, -0.2) is 58.7 Å². The zero-order valence-corrected chi connectivity index (χ0v) is 17.4. The van der Waals surface area contributed by atoms with Crippen LogP contribution >= 0.6 is 0 Å². The Morgan fingerprint density at radius 2 is 1.93 bits per heavy atom. The Hall–Kier alpha value is -2.25. The molecule has 0 unspecified atom stereocenters. The highest BCUT2D eigenvalue weighted by Crippen LogP contribution is 2.31. The molecule has 0 radical (unpaired) electrons. The fraction of sp³-hybridized carbons (Fsp3) is 0.591. The van der Waals surface area contributed by atoms with Crippen LogP contribution in [0, 0.1) is 19.8 Å². The number of piperidine rings is 1. The zero-order valence-electron chi connectivity index (χ0n) is 17.4. The summed E-state index contributed by atoms with van der Waals surface area (Å²) in [6, 6.07) is 4.28. The Labute approximate surface area is 171 Å². The molecule has 0 spiro atoms. The lowest BCUT2D eigenvalue weighted by Gasteiger charge is -2.38. The molecule has 3 aliphatic rings. The van der Waals surface area contributed by atoms with E-state index < -0.39 is 0 Å². The number of fused-ring (bicyclic) bond motifs is 4. The Bertz CT molecular complexity index is 962. The van der Waals surface area contributed by atoms with E-state index in [0.717, 1.165) is 75.0 Å². The predicted octanol–water partition coefficient (Wildman–Crippen LogP) is 1.28. The molecule has 2 aromatic rings. The van der Waals surface area contributed by atoms with E-state index in [1.54, 1.807) is 6.33 Å².